The Bertz CT molecular complexity index is 979. The number of nitrogens with one attached hydrogen (secondary N) is 1. The number of benzene rings is 1. The molecule has 3 aromatic rings. The lowest BCUT2D eigenvalue weighted by molar-refractivity contribution is 0.0950. The summed E-state index contributed by atoms with van der Waals surface area (Å²) in [6.07, 6.45) is 3.04. The van der Waals surface area contributed by atoms with Crippen molar-refractivity contribution in [2.45, 2.75) is 20.8 Å². The molecule has 0 radical (unpaired) electrons. The molecule has 0 atom stereocenters. The van der Waals surface area contributed by atoms with Crippen LogP contribution in [0.4, 0.5) is 0 Å². The Morgan fingerprint density at radius 2 is 2.04 bits per heavy atom. The summed E-state index contributed by atoms with van der Waals surface area (Å²) in [4.78, 5) is 15.9. The fourth-order valence-corrected chi connectivity index (χ4v) is 2.79. The van der Waals surface area contributed by atoms with Crippen LogP contribution in [-0.4, -0.2) is 26.9 Å². The second-order valence-corrected chi connectivity index (χ2v) is 6.26. The Labute approximate surface area is 156 Å². The van der Waals surface area contributed by atoms with E-state index in [0.717, 1.165) is 16.8 Å². The zero-order valence-corrected chi connectivity index (χ0v) is 15.4. The molecule has 6 nitrogen and oxygen atoms in total. The van der Waals surface area contributed by atoms with Crippen LogP contribution < -0.4 is 5.43 Å². The molecule has 1 amide bonds. The average Bonchev–Trinajstić information content (AvgIpc) is 2.92. The second-order valence-electron chi connectivity index (χ2n) is 5.91. The molecule has 0 aliphatic carbocycles. The second kappa shape index (κ2) is 7.49. The highest BCUT2D eigenvalue weighted by molar-refractivity contribution is 6.32. The van der Waals surface area contributed by atoms with Gasteiger partial charge in [0.15, 0.2) is 0 Å². The van der Waals surface area contributed by atoms with Gasteiger partial charge < -0.3 is 0 Å². The topological polar surface area (TPSA) is 72.2 Å². The highest BCUT2D eigenvalue weighted by Crippen LogP contribution is 2.24. The molecule has 2 heterocycles. The van der Waals surface area contributed by atoms with Crippen LogP contribution in [0.25, 0.3) is 5.69 Å². The van der Waals surface area contributed by atoms with E-state index >= 15 is 0 Å². The van der Waals surface area contributed by atoms with Gasteiger partial charge in [0, 0.05) is 6.20 Å². The normalized spacial score (nSPS) is 11.1. The predicted molar refractivity (Wildman–Crippen MR) is 102 cm³/mol. The summed E-state index contributed by atoms with van der Waals surface area (Å²) in [6.45, 7) is 5.86. The highest BCUT2D eigenvalue weighted by Gasteiger charge is 2.15. The number of hydrazone groups is 1. The first kappa shape index (κ1) is 17.8. The minimum Gasteiger partial charge on any atom is -0.266 e. The van der Waals surface area contributed by atoms with Gasteiger partial charge in [0.2, 0.25) is 0 Å². The minimum atomic E-state index is -0.391. The van der Waals surface area contributed by atoms with E-state index in [1.54, 1.807) is 29.1 Å². The lowest BCUT2D eigenvalue weighted by Crippen LogP contribution is -2.18. The minimum absolute atomic E-state index is 0.290. The van der Waals surface area contributed by atoms with Crippen molar-refractivity contribution in [1.29, 1.82) is 0 Å². The molecule has 7 heteroatoms. The molecule has 26 heavy (non-hydrogen) atoms. The summed E-state index contributed by atoms with van der Waals surface area (Å²) in [6, 6.07) is 11.2. The number of nitrogens with zero attached hydrogens (tertiary/aromatic N) is 4. The van der Waals surface area contributed by atoms with Gasteiger partial charge in [-0.25, -0.2) is 10.1 Å². The third-order valence-electron chi connectivity index (χ3n) is 3.90. The van der Waals surface area contributed by atoms with Crippen LogP contribution in [0.5, 0.6) is 0 Å². The molecular formula is C19H18ClN5O. The summed E-state index contributed by atoms with van der Waals surface area (Å²) >= 11 is 6.50. The first-order valence-corrected chi connectivity index (χ1v) is 8.42. The molecule has 0 saturated carbocycles. The fourth-order valence-electron chi connectivity index (χ4n) is 2.47. The number of amides is 1. The zero-order chi connectivity index (χ0) is 18.7. The highest BCUT2D eigenvalue weighted by atomic mass is 35.5. The maximum absolute atomic E-state index is 12.0. The van der Waals surface area contributed by atoms with Crippen LogP contribution in [-0.2, 0) is 0 Å². The smallest absolute Gasteiger partial charge is 0.266 e. The Balaban J connectivity index is 1.84. The van der Waals surface area contributed by atoms with Crippen molar-refractivity contribution in [3.8, 4) is 5.69 Å². The largest absolute Gasteiger partial charge is 0.289 e. The van der Waals surface area contributed by atoms with Gasteiger partial charge in [-0.2, -0.15) is 10.2 Å². The molecular weight excluding hydrogens is 350 g/mol. The summed E-state index contributed by atoms with van der Waals surface area (Å²) < 4.78 is 1.68. The maximum Gasteiger partial charge on any atom is 0.289 e. The van der Waals surface area contributed by atoms with Crippen molar-refractivity contribution in [2.24, 2.45) is 5.10 Å². The van der Waals surface area contributed by atoms with Crippen molar-refractivity contribution in [3.05, 3.63) is 75.8 Å². The first-order valence-electron chi connectivity index (χ1n) is 8.04. The molecule has 0 bridgehead atoms. The SMILES string of the molecule is Cc1ccc(C)c(-n2nc(C)c(/C=N\NC(=O)c3ccccn3)c2Cl)c1. The van der Waals surface area contributed by atoms with E-state index in [-0.39, 0.29) is 0 Å². The number of rotatable bonds is 4. The molecule has 0 unspecified atom stereocenters. The van der Waals surface area contributed by atoms with E-state index in [9.17, 15) is 4.79 Å². The summed E-state index contributed by atoms with van der Waals surface area (Å²) in [5.41, 5.74) is 7.19. The lowest BCUT2D eigenvalue weighted by Gasteiger charge is -2.08. The van der Waals surface area contributed by atoms with Gasteiger partial charge in [0.25, 0.3) is 5.91 Å². The monoisotopic (exact) mass is 367 g/mol. The number of pyridine rings is 1. The number of hydrogen-bond donors (Lipinski definition) is 1. The number of halogens is 1. The van der Waals surface area contributed by atoms with E-state index < -0.39 is 5.91 Å². The van der Waals surface area contributed by atoms with Crippen molar-refractivity contribution >= 4 is 23.7 Å². The predicted octanol–water partition coefficient (Wildman–Crippen LogP) is 3.61. The summed E-state index contributed by atoms with van der Waals surface area (Å²) in [5.74, 6) is -0.391. The van der Waals surface area contributed by atoms with Crippen molar-refractivity contribution in [1.82, 2.24) is 20.2 Å². The van der Waals surface area contributed by atoms with Crippen molar-refractivity contribution in [3.63, 3.8) is 0 Å². The van der Waals surface area contributed by atoms with Crippen LogP contribution in [0.15, 0.2) is 47.7 Å². The number of aryl methyl sites for hydroxylation is 3. The van der Waals surface area contributed by atoms with Crippen LogP contribution in [0.3, 0.4) is 0 Å². The Morgan fingerprint density at radius 3 is 2.77 bits per heavy atom. The van der Waals surface area contributed by atoms with Gasteiger partial charge in [0.1, 0.15) is 10.8 Å². The van der Waals surface area contributed by atoms with Gasteiger partial charge in [-0.05, 0) is 50.1 Å². The Kier molecular flexibility index (Phi) is 5.14. The van der Waals surface area contributed by atoms with Crippen molar-refractivity contribution in [2.75, 3.05) is 0 Å². The third kappa shape index (κ3) is 3.65. The maximum atomic E-state index is 12.0. The molecule has 3 rings (SSSR count). The average molecular weight is 368 g/mol. The molecule has 0 aliphatic heterocycles. The molecule has 1 aromatic carbocycles. The summed E-state index contributed by atoms with van der Waals surface area (Å²) in [7, 11) is 0. The van der Waals surface area contributed by atoms with Crippen molar-refractivity contribution < 1.29 is 4.79 Å². The van der Waals surface area contributed by atoms with Crippen LogP contribution in [0.1, 0.15) is 32.9 Å². The number of carbonyl (C=O) groups is 1. The van der Waals surface area contributed by atoms with Gasteiger partial charge in [-0.1, -0.05) is 29.8 Å². The third-order valence-corrected chi connectivity index (χ3v) is 4.26. The van der Waals surface area contributed by atoms with Gasteiger partial charge in [-0.3, -0.25) is 9.78 Å². The molecule has 0 aliphatic rings. The standard InChI is InChI=1S/C19H18ClN5O/c1-12-7-8-13(2)17(10-12)25-18(20)15(14(3)24-25)11-22-23-19(26)16-6-4-5-9-21-16/h4-11H,1-3H3,(H,23,26)/b22-11-. The zero-order valence-electron chi connectivity index (χ0n) is 14.7. The number of carbonyl (C=O) groups excluding carboxylic acids is 1. The quantitative estimate of drug-likeness (QED) is 0.565. The Hall–Kier alpha value is -2.99. The first-order chi connectivity index (χ1) is 12.5. The van der Waals surface area contributed by atoms with Gasteiger partial charge in [0.05, 0.1) is 23.2 Å². The van der Waals surface area contributed by atoms with E-state index in [4.69, 9.17) is 11.6 Å². The van der Waals surface area contributed by atoms with Gasteiger partial charge in [-0.15, -0.1) is 0 Å². The number of hydrogen-bond acceptors (Lipinski definition) is 4. The van der Waals surface area contributed by atoms with E-state index in [1.165, 1.54) is 6.21 Å². The molecule has 0 fully saturated rings. The van der Waals surface area contributed by atoms with Crippen LogP contribution >= 0.6 is 11.6 Å². The van der Waals surface area contributed by atoms with E-state index in [2.05, 4.69) is 20.6 Å². The fraction of sp³-hybridized carbons (Fsp3) is 0.158. The van der Waals surface area contributed by atoms with Crippen LogP contribution in [0, 0.1) is 20.8 Å². The lowest BCUT2D eigenvalue weighted by atomic mass is 10.1. The molecule has 2 aromatic heterocycles. The molecule has 0 spiro atoms. The Morgan fingerprint density at radius 1 is 1.23 bits per heavy atom. The van der Waals surface area contributed by atoms with Crippen LogP contribution in [0.2, 0.25) is 5.15 Å². The van der Waals surface area contributed by atoms with Gasteiger partial charge >= 0.3 is 0 Å². The number of aromatic nitrogens is 3. The van der Waals surface area contributed by atoms with E-state index in [0.29, 0.717) is 22.1 Å². The van der Waals surface area contributed by atoms with E-state index in [1.807, 2.05) is 39.0 Å². The molecule has 1 N–H and O–H groups in total. The summed E-state index contributed by atoms with van der Waals surface area (Å²) in [5, 5.41) is 8.93. The molecule has 132 valence electrons. The molecule has 0 saturated heterocycles.